The zero-order valence-electron chi connectivity index (χ0n) is 21.5. The van der Waals surface area contributed by atoms with Crippen LogP contribution in [0.25, 0.3) is 0 Å². The number of benzene rings is 3. The summed E-state index contributed by atoms with van der Waals surface area (Å²) in [4.78, 5) is 46.7. The molecule has 0 aliphatic carbocycles. The molecule has 0 aliphatic rings. The van der Waals surface area contributed by atoms with Crippen LogP contribution in [0.15, 0.2) is 77.9 Å². The molecule has 0 aliphatic heterocycles. The maximum atomic E-state index is 13.0. The first kappa shape index (κ1) is 29.8. The van der Waals surface area contributed by atoms with Gasteiger partial charge in [0.05, 0.1) is 34.3 Å². The number of hydrogen-bond donors (Lipinski definition) is 2. The molecule has 3 aromatic carbocycles. The number of hydrogen-bond acceptors (Lipinski definition) is 9. The van der Waals surface area contributed by atoms with E-state index in [1.807, 2.05) is 37.3 Å². The second-order valence-corrected chi connectivity index (χ2v) is 9.46. The van der Waals surface area contributed by atoms with E-state index < -0.39 is 39.1 Å². The number of nitro groups is 2. The molecular weight excluding hydrogens is 538 g/mol. The lowest BCUT2D eigenvalue weighted by atomic mass is 10.1. The predicted octanol–water partition coefficient (Wildman–Crippen LogP) is 4.47. The Bertz CT molecular complexity index is 1340. The summed E-state index contributed by atoms with van der Waals surface area (Å²) in [5.74, 6) is -0.101. The molecular formula is C27H27N5O7S. The summed E-state index contributed by atoms with van der Waals surface area (Å²) in [6.07, 6.45) is 2.32. The average Bonchev–Trinajstić information content (AvgIpc) is 2.96. The highest BCUT2D eigenvalue weighted by molar-refractivity contribution is 7.98. The molecule has 3 aromatic rings. The van der Waals surface area contributed by atoms with Crippen LogP contribution in [0.5, 0.6) is 5.75 Å². The Morgan fingerprint density at radius 3 is 2.25 bits per heavy atom. The summed E-state index contributed by atoms with van der Waals surface area (Å²) in [5.41, 5.74) is 2.56. The van der Waals surface area contributed by atoms with Gasteiger partial charge in [0, 0.05) is 23.6 Å². The number of rotatable bonds is 14. The van der Waals surface area contributed by atoms with Gasteiger partial charge in [-0.1, -0.05) is 37.3 Å². The van der Waals surface area contributed by atoms with E-state index in [2.05, 4.69) is 15.8 Å². The van der Waals surface area contributed by atoms with Crippen molar-refractivity contribution in [1.82, 2.24) is 10.7 Å². The van der Waals surface area contributed by atoms with Crippen molar-refractivity contribution in [3.63, 3.8) is 0 Å². The van der Waals surface area contributed by atoms with Gasteiger partial charge in [0.15, 0.2) is 0 Å². The fourth-order valence-electron chi connectivity index (χ4n) is 3.35. The maximum Gasteiger partial charge on any atom is 0.277 e. The smallest absolute Gasteiger partial charge is 0.277 e. The largest absolute Gasteiger partial charge is 0.494 e. The standard InChI is InChI=1S/C27H27N5O7S/c1-2-12-39-24-10-8-19(9-11-24)16-28-30-27(34)25(18-40-17-20-6-4-3-5-7-20)29-26(33)21-13-22(31(35)36)15-23(14-21)32(37)38/h3-11,13-16,25H,2,12,17-18H2,1H3,(H,29,33)(H,30,34). The van der Waals surface area contributed by atoms with Gasteiger partial charge in [0.25, 0.3) is 23.2 Å². The molecule has 208 valence electrons. The minimum absolute atomic E-state index is 0.141. The second-order valence-electron chi connectivity index (χ2n) is 8.43. The molecule has 40 heavy (non-hydrogen) atoms. The minimum atomic E-state index is -1.10. The molecule has 0 radical (unpaired) electrons. The highest BCUT2D eigenvalue weighted by Gasteiger charge is 2.25. The first-order valence-electron chi connectivity index (χ1n) is 12.2. The molecule has 0 heterocycles. The van der Waals surface area contributed by atoms with Crippen LogP contribution < -0.4 is 15.5 Å². The average molecular weight is 566 g/mol. The third-order valence-corrected chi connectivity index (χ3v) is 6.45. The van der Waals surface area contributed by atoms with Crippen LogP contribution in [-0.4, -0.2) is 46.3 Å². The number of amides is 2. The van der Waals surface area contributed by atoms with Crippen LogP contribution in [-0.2, 0) is 10.5 Å². The van der Waals surface area contributed by atoms with Crippen molar-refractivity contribution in [3.8, 4) is 5.75 Å². The van der Waals surface area contributed by atoms with Crippen LogP contribution in [0.2, 0.25) is 0 Å². The van der Waals surface area contributed by atoms with Crippen molar-refractivity contribution >= 4 is 41.2 Å². The lowest BCUT2D eigenvalue weighted by molar-refractivity contribution is -0.394. The van der Waals surface area contributed by atoms with Crippen molar-refractivity contribution in [1.29, 1.82) is 0 Å². The topological polar surface area (TPSA) is 166 Å². The predicted molar refractivity (Wildman–Crippen MR) is 152 cm³/mol. The fourth-order valence-corrected chi connectivity index (χ4v) is 4.37. The Morgan fingerprint density at radius 2 is 1.65 bits per heavy atom. The number of nitro benzene ring substituents is 2. The first-order chi connectivity index (χ1) is 19.3. The minimum Gasteiger partial charge on any atom is -0.494 e. The molecule has 3 rings (SSSR count). The summed E-state index contributed by atoms with van der Waals surface area (Å²) in [5, 5.41) is 28.9. The summed E-state index contributed by atoms with van der Waals surface area (Å²) < 4.78 is 5.54. The van der Waals surface area contributed by atoms with Gasteiger partial charge in [0.1, 0.15) is 11.8 Å². The number of non-ortho nitro benzene ring substituents is 2. The Kier molecular flexibility index (Phi) is 11.1. The normalized spacial score (nSPS) is 11.5. The number of hydrazone groups is 1. The lowest BCUT2D eigenvalue weighted by Gasteiger charge is -2.17. The van der Waals surface area contributed by atoms with E-state index >= 15 is 0 Å². The monoisotopic (exact) mass is 565 g/mol. The summed E-state index contributed by atoms with van der Waals surface area (Å²) in [7, 11) is 0. The molecule has 1 unspecified atom stereocenters. The van der Waals surface area contributed by atoms with Gasteiger partial charge in [-0.05, 0) is 41.8 Å². The summed E-state index contributed by atoms with van der Waals surface area (Å²) in [6, 6.07) is 18.1. The van der Waals surface area contributed by atoms with E-state index in [9.17, 15) is 29.8 Å². The Labute approximate surface area is 234 Å². The molecule has 2 amide bonds. The van der Waals surface area contributed by atoms with Crippen molar-refractivity contribution < 1.29 is 24.2 Å². The van der Waals surface area contributed by atoms with Gasteiger partial charge < -0.3 is 10.1 Å². The SMILES string of the molecule is CCCOc1ccc(C=NNC(=O)C(CSCc2ccccc2)NC(=O)c2cc([N+](=O)[O-])cc([N+](=O)[O-])c2)cc1. The molecule has 0 spiro atoms. The Hall–Kier alpha value is -4.78. The van der Waals surface area contributed by atoms with E-state index in [4.69, 9.17) is 4.74 Å². The van der Waals surface area contributed by atoms with Crippen molar-refractivity contribution in [2.75, 3.05) is 12.4 Å². The lowest BCUT2D eigenvalue weighted by Crippen LogP contribution is -2.47. The highest BCUT2D eigenvalue weighted by Crippen LogP contribution is 2.23. The van der Waals surface area contributed by atoms with Crippen LogP contribution in [0, 0.1) is 20.2 Å². The molecule has 0 bridgehead atoms. The molecule has 2 N–H and O–H groups in total. The van der Waals surface area contributed by atoms with E-state index in [0.717, 1.165) is 30.2 Å². The van der Waals surface area contributed by atoms with E-state index in [0.29, 0.717) is 23.7 Å². The molecule has 0 saturated heterocycles. The van der Waals surface area contributed by atoms with Crippen LogP contribution in [0.3, 0.4) is 0 Å². The zero-order chi connectivity index (χ0) is 28.9. The quantitative estimate of drug-likeness (QED) is 0.164. The van der Waals surface area contributed by atoms with Crippen molar-refractivity contribution in [3.05, 3.63) is 110 Å². The number of nitrogens with one attached hydrogen (secondary N) is 2. The fraction of sp³-hybridized carbons (Fsp3) is 0.222. The van der Waals surface area contributed by atoms with Gasteiger partial charge in [-0.3, -0.25) is 29.8 Å². The van der Waals surface area contributed by atoms with Gasteiger partial charge in [0.2, 0.25) is 0 Å². The van der Waals surface area contributed by atoms with Gasteiger partial charge >= 0.3 is 0 Å². The Morgan fingerprint density at radius 1 is 1.00 bits per heavy atom. The van der Waals surface area contributed by atoms with Crippen molar-refractivity contribution in [2.24, 2.45) is 5.10 Å². The van der Waals surface area contributed by atoms with Crippen LogP contribution >= 0.6 is 11.8 Å². The van der Waals surface area contributed by atoms with Gasteiger partial charge in [-0.2, -0.15) is 16.9 Å². The van der Waals surface area contributed by atoms with Crippen LogP contribution in [0.4, 0.5) is 11.4 Å². The third kappa shape index (κ3) is 9.20. The first-order valence-corrected chi connectivity index (χ1v) is 13.3. The van der Waals surface area contributed by atoms with E-state index in [-0.39, 0.29) is 11.3 Å². The second kappa shape index (κ2) is 15.0. The molecule has 0 saturated carbocycles. The number of carbonyl (C=O) groups excluding carboxylic acids is 2. The number of thioether (sulfide) groups is 1. The number of carbonyl (C=O) groups is 2. The third-order valence-electron chi connectivity index (χ3n) is 5.35. The number of ether oxygens (including phenoxy) is 1. The van der Waals surface area contributed by atoms with Crippen molar-refractivity contribution in [2.45, 2.75) is 25.1 Å². The van der Waals surface area contributed by atoms with E-state index in [1.54, 1.807) is 24.3 Å². The summed E-state index contributed by atoms with van der Waals surface area (Å²) in [6.45, 7) is 2.61. The zero-order valence-corrected chi connectivity index (χ0v) is 22.3. The van der Waals surface area contributed by atoms with Crippen LogP contribution in [0.1, 0.15) is 34.8 Å². The molecule has 1 atom stereocenters. The highest BCUT2D eigenvalue weighted by atomic mass is 32.2. The molecule has 0 aromatic heterocycles. The summed E-state index contributed by atoms with van der Waals surface area (Å²) >= 11 is 1.38. The molecule has 0 fully saturated rings. The Balaban J connectivity index is 1.72. The number of nitrogens with zero attached hydrogens (tertiary/aromatic N) is 3. The van der Waals surface area contributed by atoms with Gasteiger partial charge in [-0.25, -0.2) is 5.43 Å². The van der Waals surface area contributed by atoms with Gasteiger partial charge in [-0.15, -0.1) is 0 Å². The molecule has 12 nitrogen and oxygen atoms in total. The van der Waals surface area contributed by atoms with E-state index in [1.165, 1.54) is 18.0 Å². The maximum absolute atomic E-state index is 13.0. The molecule has 13 heteroatoms.